The first kappa shape index (κ1) is 23.3. The maximum atomic E-state index is 11.9. The molecular weight excluding hydrogens is 360 g/mol. The smallest absolute Gasteiger partial charge is 0.159 e. The summed E-state index contributed by atoms with van der Waals surface area (Å²) in [5, 5.41) is 0. The minimum atomic E-state index is 0.365. The van der Waals surface area contributed by atoms with Gasteiger partial charge in [0.15, 0.2) is 5.78 Å². The van der Waals surface area contributed by atoms with E-state index in [1.54, 1.807) is 5.57 Å². The zero-order valence-corrected chi connectivity index (χ0v) is 18.6. The number of allylic oxidation sites excluding steroid dienone is 8. The summed E-state index contributed by atoms with van der Waals surface area (Å²) in [5.41, 5.74) is 2.64. The average Bonchev–Trinajstić information content (AvgIpc) is 3.41. The van der Waals surface area contributed by atoms with Crippen molar-refractivity contribution in [3.63, 3.8) is 0 Å². The molecule has 2 rings (SSSR count). The fourth-order valence-corrected chi connectivity index (χ4v) is 4.90. The van der Waals surface area contributed by atoms with Crippen LogP contribution in [0.3, 0.4) is 0 Å². The van der Waals surface area contributed by atoms with Crippen LogP contribution in [-0.4, -0.2) is 17.3 Å². The molecule has 0 aliphatic heterocycles. The van der Waals surface area contributed by atoms with Crippen molar-refractivity contribution in [2.24, 2.45) is 0 Å². The van der Waals surface area contributed by atoms with Crippen LogP contribution in [0.2, 0.25) is 0 Å². The van der Waals surface area contributed by atoms with E-state index < -0.39 is 0 Å². The Kier molecular flexibility index (Phi) is 13.2. The van der Waals surface area contributed by atoms with E-state index >= 15 is 0 Å². The Morgan fingerprint density at radius 2 is 1.32 bits per heavy atom. The summed E-state index contributed by atoms with van der Waals surface area (Å²) in [6.07, 6.45) is 31.6. The van der Waals surface area contributed by atoms with Gasteiger partial charge in [-0.1, -0.05) is 87.0 Å². The number of ketones is 1. The van der Waals surface area contributed by atoms with Gasteiger partial charge in [0.05, 0.1) is 0 Å². The van der Waals surface area contributed by atoms with Crippen LogP contribution in [0.15, 0.2) is 47.6 Å². The summed E-state index contributed by atoms with van der Waals surface area (Å²) in [6.45, 7) is 0. The fraction of sp³-hybridized carbons (Fsp3) is 0.654. The van der Waals surface area contributed by atoms with Gasteiger partial charge < -0.3 is 0 Å². The number of thioether (sulfide) groups is 1. The highest BCUT2D eigenvalue weighted by Crippen LogP contribution is 2.19. The predicted molar refractivity (Wildman–Crippen MR) is 126 cm³/mol. The Balaban J connectivity index is 1.23. The number of hydrogen-bond donors (Lipinski definition) is 0. The predicted octanol–water partition coefficient (Wildman–Crippen LogP) is 8.13. The monoisotopic (exact) mass is 400 g/mol. The summed E-state index contributed by atoms with van der Waals surface area (Å²) in [5.74, 6) is 3.03. The molecule has 0 saturated carbocycles. The second-order valence-electron chi connectivity index (χ2n) is 8.21. The first-order chi connectivity index (χ1) is 13.9. The maximum absolute atomic E-state index is 11.9. The van der Waals surface area contributed by atoms with Crippen LogP contribution in [0.5, 0.6) is 0 Å². The zero-order chi connectivity index (χ0) is 19.7. The van der Waals surface area contributed by atoms with E-state index in [0.717, 1.165) is 24.8 Å². The summed E-state index contributed by atoms with van der Waals surface area (Å²) in [4.78, 5) is 11.9. The van der Waals surface area contributed by atoms with Crippen molar-refractivity contribution in [1.29, 1.82) is 0 Å². The standard InChI is InChI=1S/C26H40OS/c27-26(25-19-12-13-20-25)21-9-5-3-7-15-23-28-22-14-6-2-1-4-8-16-24-17-10-11-18-24/h10-13,17,19H,1-9,14-16,18,20-23H2. The number of rotatable bonds is 18. The molecule has 0 radical (unpaired) electrons. The molecule has 1 nitrogen and oxygen atoms in total. The Labute approximate surface area is 177 Å². The van der Waals surface area contributed by atoms with Gasteiger partial charge >= 0.3 is 0 Å². The molecular formula is C26H40OS. The minimum absolute atomic E-state index is 0.365. The van der Waals surface area contributed by atoms with Gasteiger partial charge in [-0.25, -0.2) is 0 Å². The molecule has 0 heterocycles. The first-order valence-electron chi connectivity index (χ1n) is 11.7. The van der Waals surface area contributed by atoms with Gasteiger partial charge in [-0.05, 0) is 62.0 Å². The van der Waals surface area contributed by atoms with Crippen LogP contribution in [0, 0.1) is 0 Å². The molecule has 0 N–H and O–H groups in total. The Morgan fingerprint density at radius 1 is 0.714 bits per heavy atom. The fourth-order valence-electron chi connectivity index (χ4n) is 3.88. The van der Waals surface area contributed by atoms with E-state index in [4.69, 9.17) is 0 Å². The molecule has 0 bridgehead atoms. The van der Waals surface area contributed by atoms with Crippen LogP contribution in [0.25, 0.3) is 0 Å². The molecule has 0 saturated heterocycles. The second kappa shape index (κ2) is 15.9. The van der Waals surface area contributed by atoms with Gasteiger partial charge in [-0.3, -0.25) is 4.79 Å². The topological polar surface area (TPSA) is 17.1 Å². The van der Waals surface area contributed by atoms with Gasteiger partial charge in [-0.15, -0.1) is 0 Å². The highest BCUT2D eigenvalue weighted by atomic mass is 32.2. The summed E-state index contributed by atoms with van der Waals surface area (Å²) in [6, 6.07) is 0. The highest BCUT2D eigenvalue weighted by Gasteiger charge is 2.09. The molecule has 0 atom stereocenters. The third-order valence-corrected chi connectivity index (χ3v) is 6.86. The van der Waals surface area contributed by atoms with Crippen molar-refractivity contribution in [3.05, 3.63) is 47.6 Å². The number of unbranched alkanes of at least 4 members (excludes halogenated alkanes) is 9. The van der Waals surface area contributed by atoms with Crippen molar-refractivity contribution >= 4 is 17.5 Å². The van der Waals surface area contributed by atoms with E-state index in [9.17, 15) is 4.79 Å². The molecule has 0 aromatic carbocycles. The molecule has 2 heteroatoms. The average molecular weight is 401 g/mol. The van der Waals surface area contributed by atoms with Crippen molar-refractivity contribution in [1.82, 2.24) is 0 Å². The van der Waals surface area contributed by atoms with Crippen LogP contribution in [-0.2, 0) is 4.79 Å². The molecule has 0 aromatic heterocycles. The lowest BCUT2D eigenvalue weighted by atomic mass is 10.0. The summed E-state index contributed by atoms with van der Waals surface area (Å²) >= 11 is 2.14. The lowest BCUT2D eigenvalue weighted by Gasteiger charge is -2.04. The number of hydrogen-bond acceptors (Lipinski definition) is 2. The van der Waals surface area contributed by atoms with Gasteiger partial charge in [0, 0.05) is 6.42 Å². The van der Waals surface area contributed by atoms with Crippen LogP contribution in [0.4, 0.5) is 0 Å². The van der Waals surface area contributed by atoms with E-state index in [0.29, 0.717) is 5.78 Å². The number of carbonyl (C=O) groups is 1. The molecule has 156 valence electrons. The normalized spacial score (nSPS) is 15.3. The van der Waals surface area contributed by atoms with Crippen LogP contribution >= 0.6 is 11.8 Å². The molecule has 2 aliphatic carbocycles. The van der Waals surface area contributed by atoms with Gasteiger partial charge in [-0.2, -0.15) is 11.8 Å². The maximum Gasteiger partial charge on any atom is 0.159 e. The van der Waals surface area contributed by atoms with Crippen molar-refractivity contribution < 1.29 is 4.79 Å². The Hall–Kier alpha value is -1.02. The largest absolute Gasteiger partial charge is 0.295 e. The van der Waals surface area contributed by atoms with Gasteiger partial charge in [0.2, 0.25) is 0 Å². The third kappa shape index (κ3) is 11.1. The Morgan fingerprint density at radius 3 is 1.96 bits per heavy atom. The molecule has 0 unspecified atom stereocenters. The number of carbonyl (C=O) groups excluding carboxylic acids is 1. The van der Waals surface area contributed by atoms with E-state index in [1.165, 1.54) is 88.6 Å². The lowest BCUT2D eigenvalue weighted by Crippen LogP contribution is -2.00. The zero-order valence-electron chi connectivity index (χ0n) is 17.8. The van der Waals surface area contributed by atoms with Gasteiger partial charge in [0.25, 0.3) is 0 Å². The molecule has 0 spiro atoms. The van der Waals surface area contributed by atoms with Gasteiger partial charge in [0.1, 0.15) is 0 Å². The van der Waals surface area contributed by atoms with E-state index in [1.807, 2.05) is 12.2 Å². The minimum Gasteiger partial charge on any atom is -0.295 e. The van der Waals surface area contributed by atoms with E-state index in [-0.39, 0.29) is 0 Å². The number of Topliss-reactive ketones (excluding diaryl/α,β-unsaturated/α-hetero) is 1. The lowest BCUT2D eigenvalue weighted by molar-refractivity contribution is -0.115. The molecule has 0 aromatic rings. The summed E-state index contributed by atoms with van der Waals surface area (Å²) in [7, 11) is 0. The third-order valence-electron chi connectivity index (χ3n) is 5.71. The quantitative estimate of drug-likeness (QED) is 0.216. The molecule has 0 fully saturated rings. The molecule has 2 aliphatic rings. The van der Waals surface area contributed by atoms with Crippen LogP contribution in [0.1, 0.15) is 96.3 Å². The van der Waals surface area contributed by atoms with Crippen molar-refractivity contribution in [2.45, 2.75) is 96.3 Å². The molecule has 0 amide bonds. The van der Waals surface area contributed by atoms with Crippen LogP contribution < -0.4 is 0 Å². The van der Waals surface area contributed by atoms with Crippen molar-refractivity contribution in [3.8, 4) is 0 Å². The Bertz CT molecular complexity index is 553. The van der Waals surface area contributed by atoms with Crippen molar-refractivity contribution in [2.75, 3.05) is 11.5 Å². The summed E-state index contributed by atoms with van der Waals surface area (Å²) < 4.78 is 0. The molecule has 28 heavy (non-hydrogen) atoms. The van der Waals surface area contributed by atoms with E-state index in [2.05, 4.69) is 36.1 Å². The first-order valence-corrected chi connectivity index (χ1v) is 12.8. The second-order valence-corrected chi connectivity index (χ2v) is 9.43. The highest BCUT2D eigenvalue weighted by molar-refractivity contribution is 7.99. The SMILES string of the molecule is O=C(CCCCCCCSCCCCCCCCC1=CC=CC1)C1=CC=CC1.